The van der Waals surface area contributed by atoms with E-state index in [4.69, 9.17) is 4.52 Å². The molecule has 0 aliphatic heterocycles. The first-order chi connectivity index (χ1) is 9.24. The van der Waals surface area contributed by atoms with Gasteiger partial charge in [-0.05, 0) is 30.3 Å². The van der Waals surface area contributed by atoms with Gasteiger partial charge in [0.2, 0.25) is 5.82 Å². The fourth-order valence-electron chi connectivity index (χ4n) is 1.61. The summed E-state index contributed by atoms with van der Waals surface area (Å²) in [6.07, 6.45) is 3.28. The van der Waals surface area contributed by atoms with E-state index in [1.54, 1.807) is 24.5 Å². The van der Waals surface area contributed by atoms with Crippen LogP contribution in [0, 0.1) is 0 Å². The summed E-state index contributed by atoms with van der Waals surface area (Å²) in [4.78, 5) is 8.19. The third kappa shape index (κ3) is 2.11. The molecule has 0 unspecified atom stereocenters. The highest BCUT2D eigenvalue weighted by atomic mass is 16.5. The molecule has 0 bridgehead atoms. The third-order valence-corrected chi connectivity index (χ3v) is 2.57. The van der Waals surface area contributed by atoms with E-state index in [0.29, 0.717) is 11.4 Å². The van der Waals surface area contributed by atoms with Crippen molar-refractivity contribution in [3.05, 3.63) is 42.7 Å². The standard InChI is InChI=1S/C13H9N3O3/c17-10-4-3-8(6-11(10)18)13-15-12(16-19-13)9-2-1-5-14-7-9/h1-7,17-18H. The maximum absolute atomic E-state index is 9.44. The second kappa shape index (κ2) is 4.41. The van der Waals surface area contributed by atoms with Crippen LogP contribution in [0.5, 0.6) is 11.5 Å². The summed E-state index contributed by atoms with van der Waals surface area (Å²) in [5.74, 6) is 0.235. The largest absolute Gasteiger partial charge is 0.504 e. The van der Waals surface area contributed by atoms with Crippen molar-refractivity contribution in [3.8, 4) is 34.3 Å². The predicted octanol–water partition coefficient (Wildman–Crippen LogP) is 2.21. The monoisotopic (exact) mass is 255 g/mol. The lowest BCUT2D eigenvalue weighted by atomic mass is 10.2. The van der Waals surface area contributed by atoms with Crippen LogP contribution in [-0.4, -0.2) is 25.3 Å². The van der Waals surface area contributed by atoms with E-state index in [1.165, 1.54) is 12.1 Å². The highest BCUT2D eigenvalue weighted by molar-refractivity contribution is 5.62. The molecule has 6 nitrogen and oxygen atoms in total. The maximum Gasteiger partial charge on any atom is 0.258 e. The summed E-state index contributed by atoms with van der Waals surface area (Å²) in [6.45, 7) is 0. The Morgan fingerprint density at radius 3 is 2.63 bits per heavy atom. The third-order valence-electron chi connectivity index (χ3n) is 2.57. The van der Waals surface area contributed by atoms with Gasteiger partial charge in [0.05, 0.1) is 0 Å². The quantitative estimate of drug-likeness (QED) is 0.682. The van der Waals surface area contributed by atoms with Crippen LogP contribution in [-0.2, 0) is 0 Å². The van der Waals surface area contributed by atoms with Crippen LogP contribution in [0.3, 0.4) is 0 Å². The molecule has 0 spiro atoms. The van der Waals surface area contributed by atoms with Crippen molar-refractivity contribution in [3.63, 3.8) is 0 Å². The second-order valence-corrected chi connectivity index (χ2v) is 3.87. The molecule has 1 aromatic carbocycles. The average Bonchev–Trinajstić information content (AvgIpc) is 2.93. The zero-order valence-corrected chi connectivity index (χ0v) is 9.69. The van der Waals surface area contributed by atoms with Crippen molar-refractivity contribution in [2.45, 2.75) is 0 Å². The zero-order chi connectivity index (χ0) is 13.2. The summed E-state index contributed by atoms with van der Waals surface area (Å²) in [6, 6.07) is 7.89. The topological polar surface area (TPSA) is 92.3 Å². The smallest absolute Gasteiger partial charge is 0.258 e. The molecule has 0 saturated carbocycles. The SMILES string of the molecule is Oc1ccc(-c2nc(-c3cccnc3)no2)cc1O. The molecule has 3 rings (SSSR count). The Morgan fingerprint density at radius 2 is 1.89 bits per heavy atom. The number of aromatic nitrogens is 3. The summed E-state index contributed by atoms with van der Waals surface area (Å²) < 4.78 is 5.12. The zero-order valence-electron chi connectivity index (χ0n) is 9.69. The Kier molecular flexibility index (Phi) is 2.60. The first-order valence-corrected chi connectivity index (χ1v) is 5.50. The van der Waals surface area contributed by atoms with Crippen molar-refractivity contribution in [2.24, 2.45) is 0 Å². The van der Waals surface area contributed by atoms with Gasteiger partial charge in [0.1, 0.15) is 0 Å². The Hall–Kier alpha value is -2.89. The van der Waals surface area contributed by atoms with Crippen molar-refractivity contribution < 1.29 is 14.7 Å². The molecular weight excluding hydrogens is 246 g/mol. The van der Waals surface area contributed by atoms with Crippen molar-refractivity contribution >= 4 is 0 Å². The minimum atomic E-state index is -0.237. The van der Waals surface area contributed by atoms with Gasteiger partial charge in [0.25, 0.3) is 5.89 Å². The Bertz CT molecular complexity index is 710. The Balaban J connectivity index is 1.99. The van der Waals surface area contributed by atoms with Gasteiger partial charge in [-0.25, -0.2) is 0 Å². The lowest BCUT2D eigenvalue weighted by Crippen LogP contribution is -1.82. The van der Waals surface area contributed by atoms with E-state index >= 15 is 0 Å². The van der Waals surface area contributed by atoms with E-state index in [1.807, 2.05) is 6.07 Å². The number of nitrogens with zero attached hydrogens (tertiary/aromatic N) is 3. The number of benzene rings is 1. The number of hydrogen-bond donors (Lipinski definition) is 2. The van der Waals surface area contributed by atoms with Gasteiger partial charge in [-0.3, -0.25) is 4.98 Å². The van der Waals surface area contributed by atoms with Crippen LogP contribution in [0.1, 0.15) is 0 Å². The van der Waals surface area contributed by atoms with Crippen LogP contribution >= 0.6 is 0 Å². The van der Waals surface area contributed by atoms with Crippen molar-refractivity contribution in [1.82, 2.24) is 15.1 Å². The second-order valence-electron chi connectivity index (χ2n) is 3.87. The fraction of sp³-hybridized carbons (Fsp3) is 0. The van der Waals surface area contributed by atoms with Crippen LogP contribution < -0.4 is 0 Å². The molecule has 3 aromatic rings. The number of pyridine rings is 1. The summed E-state index contributed by atoms with van der Waals surface area (Å²) in [7, 11) is 0. The maximum atomic E-state index is 9.44. The first kappa shape index (κ1) is 11.2. The van der Waals surface area contributed by atoms with Crippen molar-refractivity contribution in [2.75, 3.05) is 0 Å². The summed E-state index contributed by atoms with van der Waals surface area (Å²) in [5.41, 5.74) is 1.26. The lowest BCUT2D eigenvalue weighted by molar-refractivity contribution is 0.402. The van der Waals surface area contributed by atoms with E-state index < -0.39 is 0 Å². The molecule has 0 saturated heterocycles. The van der Waals surface area contributed by atoms with Gasteiger partial charge in [0, 0.05) is 23.5 Å². The van der Waals surface area contributed by atoms with E-state index in [0.717, 1.165) is 5.56 Å². The number of aromatic hydroxyl groups is 2. The van der Waals surface area contributed by atoms with E-state index in [-0.39, 0.29) is 17.4 Å². The molecular formula is C13H9N3O3. The van der Waals surface area contributed by atoms with Crippen LogP contribution in [0.25, 0.3) is 22.8 Å². The molecule has 2 heterocycles. The van der Waals surface area contributed by atoms with Crippen LogP contribution in [0.15, 0.2) is 47.2 Å². The molecule has 0 aliphatic rings. The van der Waals surface area contributed by atoms with Gasteiger partial charge in [0.15, 0.2) is 11.5 Å². The fourth-order valence-corrected chi connectivity index (χ4v) is 1.61. The minimum absolute atomic E-state index is 0.198. The molecule has 94 valence electrons. The number of hydrogen-bond acceptors (Lipinski definition) is 6. The summed E-state index contributed by atoms with van der Waals surface area (Å²) in [5, 5.41) is 22.5. The molecule has 0 aliphatic carbocycles. The van der Waals surface area contributed by atoms with Gasteiger partial charge < -0.3 is 14.7 Å². The molecule has 0 radical (unpaired) electrons. The lowest BCUT2D eigenvalue weighted by Gasteiger charge is -1.98. The Morgan fingerprint density at radius 1 is 1.00 bits per heavy atom. The van der Waals surface area contributed by atoms with Gasteiger partial charge in [-0.1, -0.05) is 5.16 Å². The first-order valence-electron chi connectivity index (χ1n) is 5.50. The molecule has 0 amide bonds. The van der Waals surface area contributed by atoms with Crippen molar-refractivity contribution in [1.29, 1.82) is 0 Å². The molecule has 0 fully saturated rings. The van der Waals surface area contributed by atoms with E-state index in [9.17, 15) is 10.2 Å². The molecule has 2 aromatic heterocycles. The predicted molar refractivity (Wildman–Crippen MR) is 66.3 cm³/mol. The highest BCUT2D eigenvalue weighted by Gasteiger charge is 2.12. The highest BCUT2D eigenvalue weighted by Crippen LogP contribution is 2.30. The molecule has 0 atom stereocenters. The van der Waals surface area contributed by atoms with Gasteiger partial charge in [-0.15, -0.1) is 0 Å². The number of phenols is 2. The molecule has 2 N–H and O–H groups in total. The van der Waals surface area contributed by atoms with Gasteiger partial charge >= 0.3 is 0 Å². The molecule has 19 heavy (non-hydrogen) atoms. The average molecular weight is 255 g/mol. The van der Waals surface area contributed by atoms with Gasteiger partial charge in [-0.2, -0.15) is 4.98 Å². The van der Waals surface area contributed by atoms with Crippen LogP contribution in [0.4, 0.5) is 0 Å². The Labute approximate surface area is 108 Å². The van der Waals surface area contributed by atoms with Crippen LogP contribution in [0.2, 0.25) is 0 Å². The normalized spacial score (nSPS) is 10.5. The molecule has 6 heteroatoms. The number of rotatable bonds is 2. The van der Waals surface area contributed by atoms with E-state index in [2.05, 4.69) is 15.1 Å². The number of phenolic OH excluding ortho intramolecular Hbond substituents is 2. The summed E-state index contributed by atoms with van der Waals surface area (Å²) >= 11 is 0. The minimum Gasteiger partial charge on any atom is -0.504 e.